The van der Waals surface area contributed by atoms with Crippen molar-refractivity contribution < 1.29 is 24.3 Å². The summed E-state index contributed by atoms with van der Waals surface area (Å²) in [6.07, 6.45) is -0.107. The van der Waals surface area contributed by atoms with E-state index in [0.29, 0.717) is 21.4 Å². The number of methoxy groups -OCH3 is 1. The highest BCUT2D eigenvalue weighted by Gasteiger charge is 2.60. The Hall–Kier alpha value is -3.36. The molecule has 0 aliphatic carbocycles. The molecule has 34 heavy (non-hydrogen) atoms. The average Bonchev–Trinajstić information content (AvgIpc) is 3.37. The maximum absolute atomic E-state index is 13.7. The molecule has 8 heteroatoms. The van der Waals surface area contributed by atoms with Gasteiger partial charge in [-0.05, 0) is 69.9 Å². The molecule has 2 aliphatic heterocycles. The van der Waals surface area contributed by atoms with E-state index in [9.17, 15) is 14.7 Å². The van der Waals surface area contributed by atoms with Gasteiger partial charge in [0.1, 0.15) is 5.92 Å². The molecular weight excluding hydrogens is 500 g/mol. The van der Waals surface area contributed by atoms with E-state index in [4.69, 9.17) is 9.57 Å². The lowest BCUT2D eigenvalue weighted by Gasteiger charge is -2.29. The van der Waals surface area contributed by atoms with Crippen LogP contribution in [0.25, 0.3) is 0 Å². The first-order valence-corrected chi connectivity index (χ1v) is 11.8. The number of ether oxygens (including phenoxy) is 1. The Morgan fingerprint density at radius 3 is 2.35 bits per heavy atom. The van der Waals surface area contributed by atoms with Gasteiger partial charge in [0.15, 0.2) is 17.6 Å². The van der Waals surface area contributed by atoms with Crippen molar-refractivity contribution in [3.63, 3.8) is 0 Å². The van der Waals surface area contributed by atoms with E-state index in [2.05, 4.69) is 15.9 Å². The summed E-state index contributed by atoms with van der Waals surface area (Å²) in [4.78, 5) is 34.5. The van der Waals surface area contributed by atoms with Crippen molar-refractivity contribution in [3.05, 3.63) is 82.3 Å². The number of carbonyl (C=O) groups is 2. The molecule has 0 aromatic heterocycles. The molecule has 2 amide bonds. The van der Waals surface area contributed by atoms with Crippen LogP contribution in [-0.4, -0.2) is 30.1 Å². The summed E-state index contributed by atoms with van der Waals surface area (Å²) in [7, 11) is 1.46. The molecular formula is C26H23BrN2O5. The summed E-state index contributed by atoms with van der Waals surface area (Å²) in [5, 5.41) is 11.9. The predicted octanol–water partition coefficient (Wildman–Crippen LogP) is 4.78. The topological polar surface area (TPSA) is 79.3 Å². The number of hydroxylamine groups is 1. The van der Waals surface area contributed by atoms with Gasteiger partial charge in [-0.3, -0.25) is 14.4 Å². The first kappa shape index (κ1) is 22.4. The monoisotopic (exact) mass is 522 g/mol. The van der Waals surface area contributed by atoms with Crippen molar-refractivity contribution in [2.75, 3.05) is 17.1 Å². The number of imide groups is 1. The summed E-state index contributed by atoms with van der Waals surface area (Å²) >= 11 is 3.37. The van der Waals surface area contributed by atoms with Gasteiger partial charge in [-0.15, -0.1) is 0 Å². The zero-order chi connectivity index (χ0) is 24.0. The Morgan fingerprint density at radius 1 is 1.00 bits per heavy atom. The fourth-order valence-electron chi connectivity index (χ4n) is 4.61. The number of carbonyl (C=O) groups excluding carboxylic acids is 2. The Bertz CT molecular complexity index is 1250. The Labute approximate surface area is 205 Å². The second-order valence-corrected chi connectivity index (χ2v) is 9.10. The largest absolute Gasteiger partial charge is 0.503 e. The van der Waals surface area contributed by atoms with E-state index >= 15 is 0 Å². The number of rotatable bonds is 5. The number of hydrogen-bond donors (Lipinski definition) is 1. The molecule has 0 bridgehead atoms. The number of benzene rings is 3. The second kappa shape index (κ2) is 8.77. The van der Waals surface area contributed by atoms with Crippen LogP contribution in [0.1, 0.15) is 24.1 Å². The average molecular weight is 523 g/mol. The summed E-state index contributed by atoms with van der Waals surface area (Å²) in [5.74, 6) is -1.29. The third-order valence-electron chi connectivity index (χ3n) is 6.34. The molecule has 0 saturated carbocycles. The quantitative estimate of drug-likeness (QED) is 0.486. The number of aryl methyl sites for hydroxylation is 1. The molecule has 3 atom stereocenters. The highest BCUT2D eigenvalue weighted by atomic mass is 79.9. The number of phenolic OH excluding ortho intramolecular Hbond substituents is 1. The van der Waals surface area contributed by atoms with Crippen molar-refractivity contribution in [2.24, 2.45) is 5.92 Å². The highest BCUT2D eigenvalue weighted by Crippen LogP contribution is 2.49. The summed E-state index contributed by atoms with van der Waals surface area (Å²) < 4.78 is 5.76. The molecule has 0 radical (unpaired) electrons. The third-order valence-corrected chi connectivity index (χ3v) is 6.95. The third kappa shape index (κ3) is 3.54. The Kier molecular flexibility index (Phi) is 5.79. The molecule has 3 aromatic carbocycles. The van der Waals surface area contributed by atoms with Gasteiger partial charge in [-0.25, -0.2) is 9.96 Å². The number of anilines is 2. The molecule has 0 unspecified atom stereocenters. The fourth-order valence-corrected chi connectivity index (χ4v) is 5.07. The summed E-state index contributed by atoms with van der Waals surface area (Å²) in [6, 6.07) is 19.5. The van der Waals surface area contributed by atoms with E-state index in [1.54, 1.807) is 29.3 Å². The van der Waals surface area contributed by atoms with Gasteiger partial charge in [0.25, 0.3) is 5.91 Å². The van der Waals surface area contributed by atoms with E-state index in [0.717, 1.165) is 12.0 Å². The number of aromatic hydroxyl groups is 1. The normalized spacial score (nSPS) is 21.8. The zero-order valence-electron chi connectivity index (χ0n) is 18.6. The molecule has 3 aromatic rings. The number of hydrogen-bond acceptors (Lipinski definition) is 6. The van der Waals surface area contributed by atoms with Gasteiger partial charge in [-0.2, -0.15) is 0 Å². The molecule has 7 nitrogen and oxygen atoms in total. The van der Waals surface area contributed by atoms with E-state index in [1.165, 1.54) is 12.0 Å². The lowest BCUT2D eigenvalue weighted by Crippen LogP contribution is -2.37. The number of phenols is 1. The lowest BCUT2D eigenvalue weighted by atomic mass is 9.90. The van der Waals surface area contributed by atoms with Crippen LogP contribution in [-0.2, 0) is 20.8 Å². The molecule has 2 saturated heterocycles. The van der Waals surface area contributed by atoms with Crippen LogP contribution in [0, 0.1) is 5.92 Å². The fraction of sp³-hybridized carbons (Fsp3) is 0.231. The SMILES string of the molecule is CCc1ccc(N2C(=O)[C@@H]3[C@H](ON(c4ccccc4)[C@@H]3c3cc(Br)c(O)c(OC)c3)C2=O)cc1. The van der Waals surface area contributed by atoms with Crippen LogP contribution in [0.4, 0.5) is 11.4 Å². The molecule has 0 spiro atoms. The van der Waals surface area contributed by atoms with Gasteiger partial charge >= 0.3 is 0 Å². The first-order valence-electron chi connectivity index (χ1n) is 11.0. The molecule has 1 N–H and O–H groups in total. The van der Waals surface area contributed by atoms with Crippen LogP contribution >= 0.6 is 15.9 Å². The van der Waals surface area contributed by atoms with Gasteiger partial charge in [0.05, 0.1) is 29.0 Å². The standard InChI is InChI=1S/C26H23BrN2O5/c1-3-15-9-11-17(12-10-15)28-25(31)21-22(16-13-19(27)23(30)20(14-16)33-2)29(34-24(21)26(28)32)18-7-5-4-6-8-18/h4-14,21-22,24,30H,3H2,1-2H3/t21-,22+,24-/m0/s1. The van der Waals surface area contributed by atoms with Gasteiger partial charge in [-0.1, -0.05) is 37.3 Å². The first-order chi connectivity index (χ1) is 16.4. The van der Waals surface area contributed by atoms with Crippen molar-refractivity contribution >= 4 is 39.1 Å². The molecule has 2 heterocycles. The minimum atomic E-state index is -0.970. The van der Waals surface area contributed by atoms with Crippen LogP contribution in [0.3, 0.4) is 0 Å². The Balaban J connectivity index is 1.60. The van der Waals surface area contributed by atoms with Crippen molar-refractivity contribution in [2.45, 2.75) is 25.5 Å². The van der Waals surface area contributed by atoms with E-state index in [-0.39, 0.29) is 17.4 Å². The molecule has 174 valence electrons. The molecule has 5 rings (SSSR count). The molecule has 2 fully saturated rings. The minimum absolute atomic E-state index is 0.0422. The van der Waals surface area contributed by atoms with Crippen molar-refractivity contribution in [1.29, 1.82) is 0 Å². The maximum Gasteiger partial charge on any atom is 0.266 e. The number of nitrogens with zero attached hydrogens (tertiary/aromatic N) is 2. The van der Waals surface area contributed by atoms with Crippen LogP contribution in [0.5, 0.6) is 11.5 Å². The summed E-state index contributed by atoms with van der Waals surface area (Å²) in [5.41, 5.74) is 3.03. The van der Waals surface area contributed by atoms with Crippen LogP contribution in [0.2, 0.25) is 0 Å². The number of halogens is 1. The van der Waals surface area contributed by atoms with Gasteiger partial charge in [0, 0.05) is 0 Å². The van der Waals surface area contributed by atoms with Gasteiger partial charge < -0.3 is 9.84 Å². The van der Waals surface area contributed by atoms with E-state index < -0.39 is 24.0 Å². The number of para-hydroxylation sites is 1. The van der Waals surface area contributed by atoms with Crippen LogP contribution < -0.4 is 14.7 Å². The number of fused-ring (bicyclic) bond motifs is 1. The van der Waals surface area contributed by atoms with Crippen molar-refractivity contribution in [1.82, 2.24) is 0 Å². The predicted molar refractivity (Wildman–Crippen MR) is 131 cm³/mol. The maximum atomic E-state index is 13.7. The highest BCUT2D eigenvalue weighted by molar-refractivity contribution is 9.10. The van der Waals surface area contributed by atoms with E-state index in [1.807, 2.05) is 49.4 Å². The smallest absolute Gasteiger partial charge is 0.266 e. The minimum Gasteiger partial charge on any atom is -0.503 e. The number of amides is 2. The summed E-state index contributed by atoms with van der Waals surface area (Å²) in [6.45, 7) is 2.05. The molecule has 2 aliphatic rings. The lowest BCUT2D eigenvalue weighted by molar-refractivity contribution is -0.126. The van der Waals surface area contributed by atoms with Crippen LogP contribution in [0.15, 0.2) is 71.2 Å². The zero-order valence-corrected chi connectivity index (χ0v) is 20.2. The Morgan fingerprint density at radius 2 is 1.71 bits per heavy atom. The second-order valence-electron chi connectivity index (χ2n) is 8.24. The van der Waals surface area contributed by atoms with Crippen molar-refractivity contribution in [3.8, 4) is 11.5 Å². The van der Waals surface area contributed by atoms with Gasteiger partial charge in [0.2, 0.25) is 5.91 Å².